The molecule has 0 atom stereocenters. The van der Waals surface area contributed by atoms with Crippen molar-refractivity contribution in [3.05, 3.63) is 27.9 Å². The molecule has 0 fully saturated rings. The second-order valence-electron chi connectivity index (χ2n) is 3.15. The van der Waals surface area contributed by atoms with Crippen molar-refractivity contribution in [3.63, 3.8) is 0 Å². The van der Waals surface area contributed by atoms with Gasteiger partial charge < -0.3 is 5.73 Å². The number of nitrogens with two attached hydrogens (primary N) is 1. The molecule has 0 bridgehead atoms. The number of anilines is 2. The van der Waals surface area contributed by atoms with Gasteiger partial charge in [-0.05, 0) is 28.1 Å². The van der Waals surface area contributed by atoms with E-state index in [1.807, 2.05) is 0 Å². The number of benzene rings is 1. The maximum atomic E-state index is 13.1. The SMILES string of the molecule is Nc1cc(S(=O)(=O)Nc2nncs2)c(Br)cc1F. The van der Waals surface area contributed by atoms with Gasteiger partial charge in [-0.15, -0.1) is 10.2 Å². The highest BCUT2D eigenvalue weighted by Crippen LogP contribution is 2.28. The summed E-state index contributed by atoms with van der Waals surface area (Å²) in [6, 6.07) is 2.02. The lowest BCUT2D eigenvalue weighted by Crippen LogP contribution is -2.14. The number of rotatable bonds is 3. The molecular weight excluding hydrogens is 347 g/mol. The van der Waals surface area contributed by atoms with Crippen LogP contribution in [0.1, 0.15) is 0 Å². The molecular formula is C8H6BrFN4O2S2. The molecule has 10 heteroatoms. The second kappa shape index (κ2) is 4.78. The lowest BCUT2D eigenvalue weighted by Gasteiger charge is -2.08. The lowest BCUT2D eigenvalue weighted by atomic mass is 10.3. The predicted octanol–water partition coefficient (Wildman–Crippen LogP) is 1.82. The van der Waals surface area contributed by atoms with Crippen LogP contribution in [-0.4, -0.2) is 18.6 Å². The van der Waals surface area contributed by atoms with Crippen LogP contribution in [0, 0.1) is 5.82 Å². The Bertz CT molecular complexity index is 675. The van der Waals surface area contributed by atoms with Gasteiger partial charge in [-0.3, -0.25) is 4.72 Å². The van der Waals surface area contributed by atoms with Crippen molar-refractivity contribution in [2.24, 2.45) is 0 Å². The molecule has 1 aromatic carbocycles. The summed E-state index contributed by atoms with van der Waals surface area (Å²) >= 11 is 4.00. The average Bonchev–Trinajstić information content (AvgIpc) is 2.75. The molecule has 0 spiro atoms. The zero-order valence-electron chi connectivity index (χ0n) is 8.59. The Morgan fingerprint density at radius 1 is 1.44 bits per heavy atom. The third kappa shape index (κ3) is 2.60. The molecule has 2 aromatic rings. The minimum absolute atomic E-state index is 0.0752. The summed E-state index contributed by atoms with van der Waals surface area (Å²) in [6.45, 7) is 0. The van der Waals surface area contributed by atoms with Crippen molar-refractivity contribution >= 4 is 48.1 Å². The predicted molar refractivity (Wildman–Crippen MR) is 69.2 cm³/mol. The molecule has 0 radical (unpaired) electrons. The standard InChI is InChI=1S/C8H6BrFN4O2S2/c9-4-1-5(10)6(11)2-7(4)18(15,16)14-8-13-12-3-17-8/h1-3H,11H2,(H,13,14). The third-order valence-corrected chi connectivity index (χ3v) is 4.96. The fraction of sp³-hybridized carbons (Fsp3) is 0. The van der Waals surface area contributed by atoms with Gasteiger partial charge in [0.2, 0.25) is 5.13 Å². The van der Waals surface area contributed by atoms with Crippen molar-refractivity contribution < 1.29 is 12.8 Å². The Labute approximate surface area is 114 Å². The first-order valence-corrected chi connectivity index (χ1v) is 7.59. The minimum Gasteiger partial charge on any atom is -0.396 e. The van der Waals surface area contributed by atoms with Crippen LogP contribution in [0.4, 0.5) is 15.2 Å². The fourth-order valence-corrected chi connectivity index (χ4v) is 3.88. The normalized spacial score (nSPS) is 11.4. The van der Waals surface area contributed by atoms with Crippen molar-refractivity contribution in [1.82, 2.24) is 10.2 Å². The van der Waals surface area contributed by atoms with E-state index < -0.39 is 15.8 Å². The Kier molecular flexibility index (Phi) is 3.50. The van der Waals surface area contributed by atoms with Gasteiger partial charge in [-0.1, -0.05) is 11.3 Å². The van der Waals surface area contributed by atoms with E-state index in [2.05, 4.69) is 30.8 Å². The zero-order valence-corrected chi connectivity index (χ0v) is 11.8. The van der Waals surface area contributed by atoms with Gasteiger partial charge >= 0.3 is 0 Å². The molecule has 0 saturated carbocycles. The Hall–Kier alpha value is -1.26. The Balaban J connectivity index is 2.44. The highest BCUT2D eigenvalue weighted by atomic mass is 79.9. The van der Waals surface area contributed by atoms with E-state index in [4.69, 9.17) is 5.73 Å². The molecule has 2 rings (SSSR count). The second-order valence-corrected chi connectivity index (χ2v) is 6.49. The molecule has 0 unspecified atom stereocenters. The minimum atomic E-state index is -3.89. The molecule has 0 saturated heterocycles. The summed E-state index contributed by atoms with van der Waals surface area (Å²) in [5.41, 5.74) is 6.47. The van der Waals surface area contributed by atoms with Crippen molar-refractivity contribution in [2.45, 2.75) is 4.90 Å². The summed E-state index contributed by atoms with van der Waals surface area (Å²) in [6.07, 6.45) is 0. The number of halogens is 2. The highest BCUT2D eigenvalue weighted by Gasteiger charge is 2.21. The van der Waals surface area contributed by atoms with Crippen LogP contribution in [0.3, 0.4) is 0 Å². The van der Waals surface area contributed by atoms with Gasteiger partial charge in [0.05, 0.1) is 5.69 Å². The number of hydrogen-bond acceptors (Lipinski definition) is 6. The van der Waals surface area contributed by atoms with E-state index in [1.165, 1.54) is 5.51 Å². The van der Waals surface area contributed by atoms with Crippen LogP contribution in [0.5, 0.6) is 0 Å². The third-order valence-electron chi connectivity index (χ3n) is 1.92. The number of nitrogen functional groups attached to an aromatic ring is 1. The van der Waals surface area contributed by atoms with Crippen LogP contribution in [0.2, 0.25) is 0 Å². The van der Waals surface area contributed by atoms with Gasteiger partial charge in [-0.25, -0.2) is 12.8 Å². The highest BCUT2D eigenvalue weighted by molar-refractivity contribution is 9.10. The quantitative estimate of drug-likeness (QED) is 0.821. The number of nitrogens with zero attached hydrogens (tertiary/aromatic N) is 2. The number of hydrogen-bond donors (Lipinski definition) is 2. The summed E-state index contributed by atoms with van der Waals surface area (Å²) in [5.74, 6) is -0.697. The van der Waals surface area contributed by atoms with E-state index in [1.54, 1.807) is 0 Å². The van der Waals surface area contributed by atoms with Crippen molar-refractivity contribution in [1.29, 1.82) is 0 Å². The molecule has 1 aromatic heterocycles. The van der Waals surface area contributed by atoms with E-state index >= 15 is 0 Å². The van der Waals surface area contributed by atoms with Gasteiger partial charge in [0.25, 0.3) is 10.0 Å². The number of nitrogens with one attached hydrogen (secondary N) is 1. The van der Waals surface area contributed by atoms with E-state index in [0.717, 1.165) is 23.5 Å². The monoisotopic (exact) mass is 352 g/mol. The van der Waals surface area contributed by atoms with Crippen LogP contribution >= 0.6 is 27.3 Å². The van der Waals surface area contributed by atoms with E-state index in [0.29, 0.717) is 0 Å². The van der Waals surface area contributed by atoms with Gasteiger partial charge in [0.1, 0.15) is 16.2 Å². The smallest absolute Gasteiger partial charge is 0.264 e. The summed E-state index contributed by atoms with van der Waals surface area (Å²) < 4.78 is 39.4. The molecule has 0 aliphatic carbocycles. The molecule has 0 amide bonds. The van der Waals surface area contributed by atoms with Gasteiger partial charge in [0.15, 0.2) is 0 Å². The topological polar surface area (TPSA) is 98.0 Å². The lowest BCUT2D eigenvalue weighted by molar-refractivity contribution is 0.599. The van der Waals surface area contributed by atoms with Crippen molar-refractivity contribution in [2.75, 3.05) is 10.5 Å². The Morgan fingerprint density at radius 3 is 2.78 bits per heavy atom. The molecule has 6 nitrogen and oxygen atoms in total. The zero-order chi connectivity index (χ0) is 13.3. The Morgan fingerprint density at radius 2 is 2.17 bits per heavy atom. The maximum Gasteiger partial charge on any atom is 0.264 e. The van der Waals surface area contributed by atoms with Gasteiger partial charge in [0, 0.05) is 4.47 Å². The fourth-order valence-electron chi connectivity index (χ4n) is 1.14. The van der Waals surface area contributed by atoms with E-state index in [9.17, 15) is 12.8 Å². The molecule has 3 N–H and O–H groups in total. The maximum absolute atomic E-state index is 13.1. The first kappa shape index (κ1) is 13.2. The molecule has 96 valence electrons. The first-order valence-electron chi connectivity index (χ1n) is 4.43. The number of sulfonamides is 1. The van der Waals surface area contributed by atoms with Crippen LogP contribution in [0.15, 0.2) is 27.0 Å². The summed E-state index contributed by atoms with van der Waals surface area (Å²) in [4.78, 5) is -0.170. The molecule has 0 aliphatic rings. The van der Waals surface area contributed by atoms with Crippen LogP contribution in [0.25, 0.3) is 0 Å². The van der Waals surface area contributed by atoms with Crippen LogP contribution < -0.4 is 10.5 Å². The number of aromatic nitrogens is 2. The largest absolute Gasteiger partial charge is 0.396 e. The summed E-state index contributed by atoms with van der Waals surface area (Å²) in [5, 5.41) is 7.17. The first-order chi connectivity index (χ1) is 8.40. The average molecular weight is 353 g/mol. The molecule has 18 heavy (non-hydrogen) atoms. The van der Waals surface area contributed by atoms with Gasteiger partial charge in [-0.2, -0.15) is 0 Å². The molecule has 0 aliphatic heterocycles. The van der Waals surface area contributed by atoms with Crippen LogP contribution in [-0.2, 0) is 10.0 Å². The summed E-state index contributed by atoms with van der Waals surface area (Å²) in [7, 11) is -3.89. The van der Waals surface area contributed by atoms with Crippen molar-refractivity contribution in [3.8, 4) is 0 Å². The molecule has 1 heterocycles. The van der Waals surface area contributed by atoms with E-state index in [-0.39, 0.29) is 20.2 Å².